The van der Waals surface area contributed by atoms with Gasteiger partial charge in [0.2, 0.25) is 5.16 Å². The zero-order chi connectivity index (χ0) is 16.2. The van der Waals surface area contributed by atoms with E-state index < -0.39 is 16.4 Å². The van der Waals surface area contributed by atoms with Crippen molar-refractivity contribution in [1.82, 2.24) is 14.9 Å². The topological polar surface area (TPSA) is 72.4 Å². The van der Waals surface area contributed by atoms with Crippen molar-refractivity contribution in [2.24, 2.45) is 5.92 Å². The summed E-state index contributed by atoms with van der Waals surface area (Å²) in [6.07, 6.45) is 4.60. The van der Waals surface area contributed by atoms with Gasteiger partial charge in [0.15, 0.2) is 0 Å². The molecule has 0 N–H and O–H groups in total. The second-order valence-corrected chi connectivity index (χ2v) is 7.84. The van der Waals surface area contributed by atoms with Gasteiger partial charge in [0, 0.05) is 31.2 Å². The Morgan fingerprint density at radius 2 is 1.91 bits per heavy atom. The van der Waals surface area contributed by atoms with E-state index >= 15 is 0 Å². The van der Waals surface area contributed by atoms with Crippen LogP contribution in [-0.4, -0.2) is 49.6 Å². The zero-order valence-corrected chi connectivity index (χ0v) is 14.1. The third-order valence-electron chi connectivity index (χ3n) is 3.40. The van der Waals surface area contributed by atoms with Crippen molar-refractivity contribution in [2.45, 2.75) is 44.4 Å². The Hall–Kier alpha value is -1.50. The van der Waals surface area contributed by atoms with E-state index in [1.807, 2.05) is 20.8 Å². The van der Waals surface area contributed by atoms with Gasteiger partial charge in [-0.15, -0.1) is 0 Å². The zero-order valence-electron chi connectivity index (χ0n) is 13.3. The van der Waals surface area contributed by atoms with Gasteiger partial charge in [0.25, 0.3) is 0 Å². The van der Waals surface area contributed by atoms with E-state index in [0.29, 0.717) is 29.9 Å². The number of carbonyl (C=O) groups excluding carboxylic acids is 1. The van der Waals surface area contributed by atoms with Crippen LogP contribution in [0.5, 0.6) is 0 Å². The molecule has 0 aliphatic carbocycles. The quantitative estimate of drug-likeness (QED) is 0.797. The summed E-state index contributed by atoms with van der Waals surface area (Å²) in [6, 6.07) is 1.71. The predicted molar refractivity (Wildman–Crippen MR) is 83.8 cm³/mol. The van der Waals surface area contributed by atoms with Gasteiger partial charge in [-0.2, -0.15) is 0 Å². The molecule has 1 fully saturated rings. The maximum absolute atomic E-state index is 12.2. The van der Waals surface area contributed by atoms with E-state index in [1.165, 1.54) is 0 Å². The summed E-state index contributed by atoms with van der Waals surface area (Å²) in [6.45, 7) is 6.88. The van der Waals surface area contributed by atoms with Gasteiger partial charge in [-0.1, -0.05) is 0 Å². The van der Waals surface area contributed by atoms with Gasteiger partial charge in [-0.25, -0.2) is 14.8 Å². The molecule has 1 unspecified atom stereocenters. The van der Waals surface area contributed by atoms with Gasteiger partial charge in [0.05, 0.1) is 10.8 Å². The largest absolute Gasteiger partial charge is 0.444 e. The summed E-state index contributed by atoms with van der Waals surface area (Å²) in [7, 11) is -1.18. The van der Waals surface area contributed by atoms with E-state index in [1.54, 1.807) is 23.4 Å². The lowest BCUT2D eigenvalue weighted by Crippen LogP contribution is -2.42. The Kier molecular flexibility index (Phi) is 5.50. The highest BCUT2D eigenvalue weighted by Gasteiger charge is 2.28. The fourth-order valence-electron chi connectivity index (χ4n) is 2.30. The summed E-state index contributed by atoms with van der Waals surface area (Å²) in [4.78, 5) is 21.8. The maximum atomic E-state index is 12.2. The molecule has 1 aromatic heterocycles. The maximum Gasteiger partial charge on any atom is 0.410 e. The summed E-state index contributed by atoms with van der Waals surface area (Å²) in [5.74, 6) is 0.870. The Labute approximate surface area is 133 Å². The minimum atomic E-state index is -1.18. The van der Waals surface area contributed by atoms with Crippen LogP contribution >= 0.6 is 0 Å². The molecule has 1 aromatic rings. The van der Waals surface area contributed by atoms with Crippen LogP contribution in [0, 0.1) is 5.92 Å². The summed E-state index contributed by atoms with van der Waals surface area (Å²) < 4.78 is 17.6. The fraction of sp³-hybridized carbons (Fsp3) is 0.667. The lowest BCUT2D eigenvalue weighted by atomic mass is 9.99. The van der Waals surface area contributed by atoms with E-state index in [4.69, 9.17) is 4.74 Å². The molecule has 1 aliphatic heterocycles. The number of piperidine rings is 1. The average molecular weight is 325 g/mol. The second kappa shape index (κ2) is 7.17. The molecule has 122 valence electrons. The first-order chi connectivity index (χ1) is 10.3. The van der Waals surface area contributed by atoms with Crippen molar-refractivity contribution in [3.63, 3.8) is 0 Å². The van der Waals surface area contributed by atoms with E-state index in [2.05, 4.69) is 9.97 Å². The van der Waals surface area contributed by atoms with Crippen molar-refractivity contribution in [2.75, 3.05) is 18.8 Å². The monoisotopic (exact) mass is 325 g/mol. The standard InChI is InChI=1S/C15H23N3O3S/c1-15(2,3)21-14(19)18-9-5-12(6-10-18)11-22(20)13-16-7-4-8-17-13/h4,7-8,12H,5-6,9-11H2,1-3H3. The van der Waals surface area contributed by atoms with Crippen molar-refractivity contribution in [3.05, 3.63) is 18.5 Å². The minimum absolute atomic E-state index is 0.265. The fourth-order valence-corrected chi connectivity index (χ4v) is 3.57. The molecule has 0 radical (unpaired) electrons. The number of aromatic nitrogens is 2. The molecule has 0 saturated carbocycles. The Morgan fingerprint density at radius 3 is 2.45 bits per heavy atom. The molecule has 0 spiro atoms. The molecular weight excluding hydrogens is 302 g/mol. The van der Waals surface area contributed by atoms with Crippen molar-refractivity contribution >= 4 is 16.9 Å². The van der Waals surface area contributed by atoms with Crippen LogP contribution in [0.25, 0.3) is 0 Å². The van der Waals surface area contributed by atoms with Crippen LogP contribution in [0.2, 0.25) is 0 Å². The van der Waals surface area contributed by atoms with E-state index in [9.17, 15) is 9.00 Å². The molecular formula is C15H23N3O3S. The Balaban J connectivity index is 1.80. The molecule has 2 rings (SSSR count). The van der Waals surface area contributed by atoms with Gasteiger partial charge < -0.3 is 9.64 Å². The van der Waals surface area contributed by atoms with Gasteiger partial charge >= 0.3 is 6.09 Å². The highest BCUT2D eigenvalue weighted by molar-refractivity contribution is 7.84. The molecule has 7 heteroatoms. The average Bonchev–Trinajstić information content (AvgIpc) is 2.47. The molecule has 1 amide bonds. The smallest absolute Gasteiger partial charge is 0.410 e. The summed E-state index contributed by atoms with van der Waals surface area (Å²) in [5, 5.41) is 0.386. The van der Waals surface area contributed by atoms with Crippen molar-refractivity contribution < 1.29 is 13.7 Å². The molecule has 1 saturated heterocycles. The SMILES string of the molecule is CC(C)(C)OC(=O)N1CCC(CS(=O)c2ncccn2)CC1. The minimum Gasteiger partial charge on any atom is -0.444 e. The summed E-state index contributed by atoms with van der Waals surface area (Å²) in [5.41, 5.74) is -0.472. The lowest BCUT2D eigenvalue weighted by Gasteiger charge is -2.33. The number of hydrogen-bond acceptors (Lipinski definition) is 5. The number of ether oxygens (including phenoxy) is 1. The van der Waals surface area contributed by atoms with Crippen LogP contribution in [0.15, 0.2) is 23.6 Å². The first-order valence-electron chi connectivity index (χ1n) is 7.48. The molecule has 6 nitrogen and oxygen atoms in total. The third-order valence-corrected chi connectivity index (χ3v) is 4.79. The molecule has 2 heterocycles. The molecule has 1 atom stereocenters. The highest BCUT2D eigenvalue weighted by Crippen LogP contribution is 2.21. The first kappa shape index (κ1) is 16.9. The van der Waals surface area contributed by atoms with Crippen LogP contribution in [0.1, 0.15) is 33.6 Å². The van der Waals surface area contributed by atoms with Crippen molar-refractivity contribution in [3.8, 4) is 0 Å². The van der Waals surface area contributed by atoms with Gasteiger partial charge in [-0.05, 0) is 45.6 Å². The predicted octanol–water partition coefficient (Wildman–Crippen LogP) is 2.23. The number of rotatable bonds is 3. The number of carbonyl (C=O) groups is 1. The van der Waals surface area contributed by atoms with Crippen LogP contribution in [-0.2, 0) is 15.5 Å². The highest BCUT2D eigenvalue weighted by atomic mass is 32.2. The van der Waals surface area contributed by atoms with E-state index in [-0.39, 0.29) is 6.09 Å². The summed E-state index contributed by atoms with van der Waals surface area (Å²) >= 11 is 0. The number of amides is 1. The van der Waals surface area contributed by atoms with Crippen LogP contribution in [0.3, 0.4) is 0 Å². The Morgan fingerprint density at radius 1 is 1.32 bits per heavy atom. The third kappa shape index (κ3) is 5.05. The lowest BCUT2D eigenvalue weighted by molar-refractivity contribution is 0.0191. The second-order valence-electron chi connectivity index (χ2n) is 6.45. The number of likely N-dealkylation sites (tertiary alicyclic amines) is 1. The first-order valence-corrected chi connectivity index (χ1v) is 8.80. The Bertz CT molecular complexity index is 523. The number of hydrogen-bond donors (Lipinski definition) is 0. The van der Waals surface area contributed by atoms with Crippen LogP contribution in [0.4, 0.5) is 4.79 Å². The van der Waals surface area contributed by atoms with E-state index in [0.717, 1.165) is 12.8 Å². The normalized spacial score (nSPS) is 18.0. The molecule has 1 aliphatic rings. The molecule has 0 aromatic carbocycles. The van der Waals surface area contributed by atoms with Gasteiger partial charge in [0.1, 0.15) is 5.60 Å². The van der Waals surface area contributed by atoms with Crippen LogP contribution < -0.4 is 0 Å². The molecule has 0 bridgehead atoms. The van der Waals surface area contributed by atoms with Crippen molar-refractivity contribution in [1.29, 1.82) is 0 Å². The number of nitrogens with zero attached hydrogens (tertiary/aromatic N) is 3. The van der Waals surface area contributed by atoms with Gasteiger partial charge in [-0.3, -0.25) is 4.21 Å². The molecule has 22 heavy (non-hydrogen) atoms.